The smallest absolute Gasteiger partial charge is 0.323 e. The van der Waals surface area contributed by atoms with Crippen LogP contribution in [-0.4, -0.2) is 45.5 Å². The van der Waals surface area contributed by atoms with Gasteiger partial charge in [-0.2, -0.15) is 5.10 Å². The van der Waals surface area contributed by atoms with E-state index < -0.39 is 0 Å². The molecule has 0 fully saturated rings. The molecule has 2 N–H and O–H groups in total. The van der Waals surface area contributed by atoms with Gasteiger partial charge in [-0.3, -0.25) is 5.32 Å². The highest BCUT2D eigenvalue weighted by Crippen LogP contribution is 2.26. The van der Waals surface area contributed by atoms with E-state index in [0.29, 0.717) is 18.9 Å². The number of aliphatic hydroxyl groups excluding tert-OH is 1. The van der Waals surface area contributed by atoms with Gasteiger partial charge in [0.05, 0.1) is 18.0 Å². The number of hydrogen-bond donors (Lipinski definition) is 2. The van der Waals surface area contributed by atoms with Crippen LogP contribution in [0, 0.1) is 6.92 Å². The number of likely N-dealkylation sites (N-methyl/N-ethyl adjacent to an activating group) is 1. The van der Waals surface area contributed by atoms with E-state index in [1.54, 1.807) is 9.58 Å². The van der Waals surface area contributed by atoms with E-state index in [4.69, 9.17) is 10.2 Å². The summed E-state index contributed by atoms with van der Waals surface area (Å²) in [6, 6.07) is 9.66. The lowest BCUT2D eigenvalue weighted by molar-refractivity contribution is 0.192. The molecule has 0 bridgehead atoms. The summed E-state index contributed by atoms with van der Waals surface area (Å²) in [4.78, 5) is 14.1. The van der Waals surface area contributed by atoms with Crippen LogP contribution in [0.15, 0.2) is 30.3 Å². The second-order valence-corrected chi connectivity index (χ2v) is 7.15. The Morgan fingerprint density at radius 2 is 1.92 bits per heavy atom. The number of aliphatic hydroxyl groups is 1. The summed E-state index contributed by atoms with van der Waals surface area (Å²) in [5.74, 6) is 0.621. The van der Waals surface area contributed by atoms with Gasteiger partial charge in [0.2, 0.25) is 0 Å². The predicted molar refractivity (Wildman–Crippen MR) is 100 cm³/mol. The Morgan fingerprint density at radius 3 is 2.44 bits per heavy atom. The molecule has 2 aromatic rings. The molecule has 1 aromatic heterocycles. The van der Waals surface area contributed by atoms with Crippen LogP contribution in [0.5, 0.6) is 0 Å². The van der Waals surface area contributed by atoms with E-state index in [9.17, 15) is 4.79 Å². The summed E-state index contributed by atoms with van der Waals surface area (Å²) in [6.07, 6.45) is 0. The third-order valence-corrected chi connectivity index (χ3v) is 4.03. The number of rotatable bonds is 5. The first-order chi connectivity index (χ1) is 11.8. The monoisotopic (exact) mass is 344 g/mol. The zero-order valence-electron chi connectivity index (χ0n) is 15.7. The Balaban J connectivity index is 2.39. The zero-order valence-corrected chi connectivity index (χ0v) is 15.7. The van der Waals surface area contributed by atoms with Crippen molar-refractivity contribution in [3.05, 3.63) is 41.6 Å². The molecule has 0 saturated carbocycles. The number of benzene rings is 1. The van der Waals surface area contributed by atoms with Crippen LogP contribution in [0.3, 0.4) is 0 Å². The van der Waals surface area contributed by atoms with E-state index >= 15 is 0 Å². The highest BCUT2D eigenvalue weighted by atomic mass is 16.3. The second-order valence-electron chi connectivity index (χ2n) is 7.15. The molecule has 0 saturated heterocycles. The molecule has 1 heterocycles. The van der Waals surface area contributed by atoms with Gasteiger partial charge >= 0.3 is 6.03 Å². The fourth-order valence-electron chi connectivity index (χ4n) is 2.43. The number of anilines is 1. The van der Waals surface area contributed by atoms with E-state index in [1.807, 2.05) is 44.2 Å². The van der Waals surface area contributed by atoms with E-state index in [0.717, 1.165) is 16.9 Å². The molecule has 0 atom stereocenters. The Hall–Kier alpha value is -2.34. The minimum absolute atomic E-state index is 0.0638. The minimum Gasteiger partial charge on any atom is -0.395 e. The van der Waals surface area contributed by atoms with Crippen molar-refractivity contribution >= 4 is 11.8 Å². The van der Waals surface area contributed by atoms with Crippen LogP contribution in [0.2, 0.25) is 0 Å². The van der Waals surface area contributed by atoms with Gasteiger partial charge in [0.1, 0.15) is 5.82 Å². The first-order valence-electron chi connectivity index (χ1n) is 8.60. The SMILES string of the molecule is CCN(CCO)C(=O)Nc1cc(C(C)(C)C)nn1-c1ccc(C)cc1. The Bertz CT molecular complexity index is 714. The summed E-state index contributed by atoms with van der Waals surface area (Å²) in [5.41, 5.74) is 2.82. The number of urea groups is 1. The van der Waals surface area contributed by atoms with Gasteiger partial charge < -0.3 is 10.0 Å². The van der Waals surface area contributed by atoms with Gasteiger partial charge in [0.15, 0.2) is 0 Å². The third kappa shape index (κ3) is 4.60. The number of aryl methyl sites for hydroxylation is 1. The van der Waals surface area contributed by atoms with E-state index in [1.165, 1.54) is 0 Å². The quantitative estimate of drug-likeness (QED) is 0.874. The Labute approximate surface area is 149 Å². The summed E-state index contributed by atoms with van der Waals surface area (Å²) in [5, 5.41) is 16.7. The van der Waals surface area contributed by atoms with Crippen LogP contribution < -0.4 is 5.32 Å². The van der Waals surface area contributed by atoms with Crippen LogP contribution in [0.1, 0.15) is 39.0 Å². The maximum absolute atomic E-state index is 12.5. The highest BCUT2D eigenvalue weighted by molar-refractivity contribution is 5.88. The van der Waals surface area contributed by atoms with E-state index in [-0.39, 0.29) is 18.1 Å². The average molecular weight is 344 g/mol. The number of aromatic nitrogens is 2. The third-order valence-electron chi connectivity index (χ3n) is 4.03. The molecule has 0 aliphatic rings. The minimum atomic E-state index is -0.245. The van der Waals surface area contributed by atoms with Gasteiger partial charge in [-0.25, -0.2) is 9.48 Å². The predicted octanol–water partition coefficient (Wildman–Crippen LogP) is 3.32. The van der Waals surface area contributed by atoms with Crippen molar-refractivity contribution in [2.75, 3.05) is 25.0 Å². The Kier molecular flexibility index (Phi) is 5.85. The van der Waals surface area contributed by atoms with Crippen molar-refractivity contribution < 1.29 is 9.90 Å². The van der Waals surface area contributed by atoms with Crippen molar-refractivity contribution in [2.45, 2.75) is 40.0 Å². The average Bonchev–Trinajstić information content (AvgIpc) is 2.97. The molecule has 0 spiro atoms. The summed E-state index contributed by atoms with van der Waals surface area (Å²) in [7, 11) is 0. The fraction of sp³-hybridized carbons (Fsp3) is 0.474. The molecular formula is C19H28N4O2. The van der Waals surface area contributed by atoms with Gasteiger partial charge in [0, 0.05) is 24.6 Å². The second kappa shape index (κ2) is 7.70. The van der Waals surface area contributed by atoms with Gasteiger partial charge in [-0.15, -0.1) is 0 Å². The van der Waals surface area contributed by atoms with Gasteiger partial charge in [0.25, 0.3) is 0 Å². The lowest BCUT2D eigenvalue weighted by Gasteiger charge is -2.20. The van der Waals surface area contributed by atoms with Gasteiger partial charge in [-0.05, 0) is 26.0 Å². The molecule has 0 aliphatic heterocycles. The summed E-state index contributed by atoms with van der Waals surface area (Å²) in [6.45, 7) is 10.9. The molecule has 0 radical (unpaired) electrons. The zero-order chi connectivity index (χ0) is 18.6. The summed E-state index contributed by atoms with van der Waals surface area (Å²) >= 11 is 0. The lowest BCUT2D eigenvalue weighted by Crippen LogP contribution is -2.37. The molecule has 6 nitrogen and oxygen atoms in total. The fourth-order valence-corrected chi connectivity index (χ4v) is 2.43. The van der Waals surface area contributed by atoms with E-state index in [2.05, 4.69) is 26.1 Å². The molecule has 1 aromatic carbocycles. The van der Waals surface area contributed by atoms with Crippen LogP contribution in [0.4, 0.5) is 10.6 Å². The van der Waals surface area contributed by atoms with Crippen LogP contribution >= 0.6 is 0 Å². The number of carbonyl (C=O) groups excluding carboxylic acids is 1. The largest absolute Gasteiger partial charge is 0.395 e. The molecule has 25 heavy (non-hydrogen) atoms. The molecule has 0 unspecified atom stereocenters. The van der Waals surface area contributed by atoms with Crippen LogP contribution in [-0.2, 0) is 5.41 Å². The number of hydrogen-bond acceptors (Lipinski definition) is 3. The Morgan fingerprint density at radius 1 is 1.28 bits per heavy atom. The van der Waals surface area contributed by atoms with Crippen molar-refractivity contribution in [3.8, 4) is 5.69 Å². The lowest BCUT2D eigenvalue weighted by atomic mass is 9.92. The maximum atomic E-state index is 12.5. The molecule has 0 aliphatic carbocycles. The van der Waals surface area contributed by atoms with Crippen molar-refractivity contribution in [1.29, 1.82) is 0 Å². The number of amides is 2. The topological polar surface area (TPSA) is 70.4 Å². The summed E-state index contributed by atoms with van der Waals surface area (Å²) < 4.78 is 1.75. The molecular weight excluding hydrogens is 316 g/mol. The van der Waals surface area contributed by atoms with Crippen molar-refractivity contribution in [1.82, 2.24) is 14.7 Å². The molecule has 2 amide bonds. The first-order valence-corrected chi connectivity index (χ1v) is 8.60. The maximum Gasteiger partial charge on any atom is 0.323 e. The number of nitrogens with zero attached hydrogens (tertiary/aromatic N) is 3. The first kappa shape index (κ1) is 19.0. The van der Waals surface area contributed by atoms with Crippen LogP contribution in [0.25, 0.3) is 5.69 Å². The number of nitrogens with one attached hydrogen (secondary N) is 1. The molecule has 136 valence electrons. The molecule has 2 rings (SSSR count). The highest BCUT2D eigenvalue weighted by Gasteiger charge is 2.22. The normalized spacial score (nSPS) is 11.4. The molecule has 6 heteroatoms. The van der Waals surface area contributed by atoms with Crippen molar-refractivity contribution in [3.63, 3.8) is 0 Å². The van der Waals surface area contributed by atoms with Crippen molar-refractivity contribution in [2.24, 2.45) is 0 Å². The standard InChI is InChI=1S/C19H28N4O2/c1-6-22(11-12-24)18(25)20-17-13-16(19(3,4)5)21-23(17)15-9-7-14(2)8-10-15/h7-10,13,24H,6,11-12H2,1-5H3,(H,20,25). The number of carbonyl (C=O) groups is 1. The van der Waals surface area contributed by atoms with Gasteiger partial charge in [-0.1, -0.05) is 38.5 Å².